The van der Waals surface area contributed by atoms with Crippen LogP contribution in [-0.4, -0.2) is 12.5 Å². The third kappa shape index (κ3) is 3.26. The molecule has 5 N–H and O–H groups in total. The van der Waals surface area contributed by atoms with Gasteiger partial charge < -0.3 is 16.8 Å². The van der Waals surface area contributed by atoms with E-state index in [0.717, 1.165) is 12.0 Å². The molecule has 0 bridgehead atoms. The normalized spacial score (nSPS) is 10.2. The van der Waals surface area contributed by atoms with Gasteiger partial charge in [0.2, 0.25) is 0 Å². The van der Waals surface area contributed by atoms with Gasteiger partial charge >= 0.3 is 0 Å². The number of nitrogens with two attached hydrogens (primary N) is 2. The van der Waals surface area contributed by atoms with Crippen molar-refractivity contribution in [1.82, 2.24) is 0 Å². The first-order chi connectivity index (χ1) is 9.58. The SMILES string of the molecule is NC(=O)c1c(F)cccc1NCCc1ccc(N)cc1. The minimum absolute atomic E-state index is 0.107. The number of amides is 1. The predicted molar refractivity (Wildman–Crippen MR) is 78.0 cm³/mol. The van der Waals surface area contributed by atoms with Crippen molar-refractivity contribution in [3.63, 3.8) is 0 Å². The van der Waals surface area contributed by atoms with Crippen LogP contribution in [0.1, 0.15) is 15.9 Å². The summed E-state index contributed by atoms with van der Waals surface area (Å²) in [6.45, 7) is 0.563. The molecule has 0 aliphatic carbocycles. The third-order valence-corrected chi connectivity index (χ3v) is 2.97. The highest BCUT2D eigenvalue weighted by Crippen LogP contribution is 2.18. The van der Waals surface area contributed by atoms with Crippen molar-refractivity contribution in [1.29, 1.82) is 0 Å². The lowest BCUT2D eigenvalue weighted by molar-refractivity contribution is 0.0997. The summed E-state index contributed by atoms with van der Waals surface area (Å²) in [7, 11) is 0. The van der Waals surface area contributed by atoms with Gasteiger partial charge in [0.05, 0.1) is 5.56 Å². The quantitative estimate of drug-likeness (QED) is 0.730. The molecule has 0 spiro atoms. The van der Waals surface area contributed by atoms with Crippen molar-refractivity contribution in [3.8, 4) is 0 Å². The lowest BCUT2D eigenvalue weighted by Gasteiger charge is -2.10. The number of rotatable bonds is 5. The molecule has 0 heterocycles. The van der Waals surface area contributed by atoms with Crippen LogP contribution in [0.2, 0.25) is 0 Å². The molecule has 0 atom stereocenters. The monoisotopic (exact) mass is 273 g/mol. The van der Waals surface area contributed by atoms with Gasteiger partial charge in [-0.2, -0.15) is 0 Å². The van der Waals surface area contributed by atoms with E-state index in [4.69, 9.17) is 11.5 Å². The molecule has 0 aromatic heterocycles. The number of hydrogen-bond acceptors (Lipinski definition) is 3. The lowest BCUT2D eigenvalue weighted by atomic mass is 10.1. The van der Waals surface area contributed by atoms with Crippen LogP contribution in [0.25, 0.3) is 0 Å². The van der Waals surface area contributed by atoms with Crippen LogP contribution >= 0.6 is 0 Å². The molecule has 2 aromatic carbocycles. The van der Waals surface area contributed by atoms with Crippen molar-refractivity contribution < 1.29 is 9.18 Å². The Morgan fingerprint density at radius 2 is 1.85 bits per heavy atom. The van der Waals surface area contributed by atoms with E-state index in [2.05, 4.69) is 5.32 Å². The molecular weight excluding hydrogens is 257 g/mol. The number of benzene rings is 2. The molecule has 0 aliphatic heterocycles. The summed E-state index contributed by atoms with van der Waals surface area (Å²) in [6.07, 6.45) is 0.731. The molecule has 0 saturated heterocycles. The molecule has 20 heavy (non-hydrogen) atoms. The van der Waals surface area contributed by atoms with E-state index in [9.17, 15) is 9.18 Å². The van der Waals surface area contributed by atoms with Crippen LogP contribution in [0.4, 0.5) is 15.8 Å². The van der Waals surface area contributed by atoms with Gasteiger partial charge in [-0.3, -0.25) is 4.79 Å². The van der Waals surface area contributed by atoms with Gasteiger partial charge in [-0.1, -0.05) is 18.2 Å². The van der Waals surface area contributed by atoms with E-state index in [1.165, 1.54) is 12.1 Å². The van der Waals surface area contributed by atoms with Crippen LogP contribution < -0.4 is 16.8 Å². The van der Waals surface area contributed by atoms with Crippen LogP contribution in [0, 0.1) is 5.82 Å². The first-order valence-corrected chi connectivity index (χ1v) is 6.24. The Morgan fingerprint density at radius 3 is 2.50 bits per heavy atom. The molecule has 2 rings (SSSR count). The second-order valence-corrected chi connectivity index (χ2v) is 4.45. The molecule has 0 radical (unpaired) electrons. The van der Waals surface area contributed by atoms with E-state index >= 15 is 0 Å². The summed E-state index contributed by atoms with van der Waals surface area (Å²) in [5.41, 5.74) is 12.9. The number of nitrogen functional groups attached to an aromatic ring is 1. The fraction of sp³-hybridized carbons (Fsp3) is 0.133. The average Bonchev–Trinajstić information content (AvgIpc) is 2.40. The van der Waals surface area contributed by atoms with Crippen LogP contribution in [0.15, 0.2) is 42.5 Å². The van der Waals surface area contributed by atoms with Gasteiger partial charge in [0.1, 0.15) is 5.82 Å². The summed E-state index contributed by atoms with van der Waals surface area (Å²) in [5.74, 6) is -1.40. The van der Waals surface area contributed by atoms with Gasteiger partial charge in [0, 0.05) is 17.9 Å². The fourth-order valence-electron chi connectivity index (χ4n) is 1.95. The van der Waals surface area contributed by atoms with E-state index < -0.39 is 11.7 Å². The second-order valence-electron chi connectivity index (χ2n) is 4.45. The molecule has 104 valence electrons. The minimum atomic E-state index is -0.780. The number of nitrogens with one attached hydrogen (secondary N) is 1. The van der Waals surface area contributed by atoms with Crippen molar-refractivity contribution in [2.75, 3.05) is 17.6 Å². The third-order valence-electron chi connectivity index (χ3n) is 2.97. The molecule has 2 aromatic rings. The zero-order chi connectivity index (χ0) is 14.5. The summed E-state index contributed by atoms with van der Waals surface area (Å²) < 4.78 is 13.5. The van der Waals surface area contributed by atoms with Crippen molar-refractivity contribution >= 4 is 17.3 Å². The Balaban J connectivity index is 2.02. The molecule has 0 aliphatic rings. The molecule has 0 unspecified atom stereocenters. The summed E-state index contributed by atoms with van der Waals surface area (Å²) in [4.78, 5) is 11.2. The van der Waals surface area contributed by atoms with E-state index in [-0.39, 0.29) is 5.56 Å². The van der Waals surface area contributed by atoms with Crippen LogP contribution in [-0.2, 0) is 6.42 Å². The van der Waals surface area contributed by atoms with E-state index in [1.807, 2.05) is 24.3 Å². The maximum Gasteiger partial charge on any atom is 0.253 e. The Bertz CT molecular complexity index is 611. The van der Waals surface area contributed by atoms with E-state index in [0.29, 0.717) is 17.9 Å². The molecule has 1 amide bonds. The van der Waals surface area contributed by atoms with Gasteiger partial charge in [-0.05, 0) is 36.2 Å². The highest BCUT2D eigenvalue weighted by atomic mass is 19.1. The largest absolute Gasteiger partial charge is 0.399 e. The fourth-order valence-corrected chi connectivity index (χ4v) is 1.95. The number of anilines is 2. The summed E-state index contributed by atoms with van der Waals surface area (Å²) in [5, 5.41) is 3.03. The van der Waals surface area contributed by atoms with Crippen molar-refractivity contribution in [2.45, 2.75) is 6.42 Å². The number of primary amides is 1. The first-order valence-electron chi connectivity index (χ1n) is 6.24. The number of carbonyl (C=O) groups is 1. The molecule has 0 fully saturated rings. The van der Waals surface area contributed by atoms with Crippen molar-refractivity contribution in [3.05, 3.63) is 59.4 Å². The molecule has 0 saturated carbocycles. The van der Waals surface area contributed by atoms with Crippen LogP contribution in [0.3, 0.4) is 0 Å². The average molecular weight is 273 g/mol. The standard InChI is InChI=1S/C15H16FN3O/c16-12-2-1-3-13(14(12)15(18)20)19-9-8-10-4-6-11(17)7-5-10/h1-7,19H,8-9,17H2,(H2,18,20). The minimum Gasteiger partial charge on any atom is -0.399 e. The summed E-state index contributed by atoms with van der Waals surface area (Å²) in [6, 6.07) is 11.9. The second kappa shape index (κ2) is 6.06. The number of halogens is 1. The predicted octanol–water partition coefficient (Wildman–Crippen LogP) is 2.16. The van der Waals surface area contributed by atoms with Gasteiger partial charge in [0.15, 0.2) is 0 Å². The van der Waals surface area contributed by atoms with E-state index in [1.54, 1.807) is 6.07 Å². The molecule has 4 nitrogen and oxygen atoms in total. The zero-order valence-corrected chi connectivity index (χ0v) is 10.9. The van der Waals surface area contributed by atoms with Crippen molar-refractivity contribution in [2.24, 2.45) is 5.73 Å². The van der Waals surface area contributed by atoms with Crippen LogP contribution in [0.5, 0.6) is 0 Å². The topological polar surface area (TPSA) is 81.1 Å². The highest BCUT2D eigenvalue weighted by molar-refractivity contribution is 5.98. The number of carbonyl (C=O) groups excluding carboxylic acids is 1. The Kier molecular flexibility index (Phi) is 4.20. The molecule has 5 heteroatoms. The highest BCUT2D eigenvalue weighted by Gasteiger charge is 2.13. The zero-order valence-electron chi connectivity index (χ0n) is 10.9. The number of hydrogen-bond donors (Lipinski definition) is 3. The van der Waals surface area contributed by atoms with Gasteiger partial charge in [-0.15, -0.1) is 0 Å². The Hall–Kier alpha value is -2.56. The Morgan fingerprint density at radius 1 is 1.15 bits per heavy atom. The van der Waals surface area contributed by atoms with Gasteiger partial charge in [0.25, 0.3) is 5.91 Å². The molecular formula is C15H16FN3O. The lowest BCUT2D eigenvalue weighted by Crippen LogP contribution is -2.17. The maximum absolute atomic E-state index is 13.5. The Labute approximate surface area is 116 Å². The maximum atomic E-state index is 13.5. The smallest absolute Gasteiger partial charge is 0.253 e. The summed E-state index contributed by atoms with van der Waals surface area (Å²) >= 11 is 0. The first kappa shape index (κ1) is 13.9. The van der Waals surface area contributed by atoms with Gasteiger partial charge in [-0.25, -0.2) is 4.39 Å².